The van der Waals surface area contributed by atoms with E-state index < -0.39 is 5.54 Å². The molecular formula is C19H18F2N2. The second-order valence-corrected chi connectivity index (χ2v) is 5.88. The number of rotatable bonds is 3. The fourth-order valence-corrected chi connectivity index (χ4v) is 3.34. The Morgan fingerprint density at radius 3 is 1.61 bits per heavy atom. The second-order valence-electron chi connectivity index (χ2n) is 5.88. The first kappa shape index (κ1) is 15.6. The van der Waals surface area contributed by atoms with E-state index in [1.165, 1.54) is 24.3 Å². The number of nitrogens with zero attached hydrogens (tertiary/aromatic N) is 2. The van der Waals surface area contributed by atoms with Crippen LogP contribution in [0.4, 0.5) is 8.78 Å². The third-order valence-electron chi connectivity index (χ3n) is 4.52. The van der Waals surface area contributed by atoms with E-state index in [-0.39, 0.29) is 11.6 Å². The first-order valence-electron chi connectivity index (χ1n) is 7.85. The van der Waals surface area contributed by atoms with Crippen LogP contribution in [0.3, 0.4) is 0 Å². The summed E-state index contributed by atoms with van der Waals surface area (Å²) in [6.07, 6.45) is 3.18. The minimum Gasteiger partial charge on any atom is -0.278 e. The molecule has 1 aliphatic rings. The molecule has 0 amide bonds. The number of halogens is 2. The number of piperidine rings is 1. The van der Waals surface area contributed by atoms with Gasteiger partial charge in [0.2, 0.25) is 0 Å². The smallest absolute Gasteiger partial charge is 0.160 e. The minimum atomic E-state index is -1.01. The summed E-state index contributed by atoms with van der Waals surface area (Å²) in [5.41, 5.74) is 0.423. The molecule has 2 nitrogen and oxygen atoms in total. The van der Waals surface area contributed by atoms with E-state index in [2.05, 4.69) is 11.0 Å². The monoisotopic (exact) mass is 312 g/mol. The summed E-state index contributed by atoms with van der Waals surface area (Å²) in [5, 5.41) is 10.1. The van der Waals surface area contributed by atoms with Crippen molar-refractivity contribution in [3.05, 3.63) is 71.3 Å². The SMILES string of the molecule is N#CC(c1ccc(F)cc1)(c1ccc(F)cc1)N1CCCCC1. The van der Waals surface area contributed by atoms with Gasteiger partial charge < -0.3 is 0 Å². The molecule has 1 saturated heterocycles. The molecule has 2 aromatic carbocycles. The van der Waals surface area contributed by atoms with E-state index in [9.17, 15) is 14.0 Å². The maximum absolute atomic E-state index is 13.3. The van der Waals surface area contributed by atoms with Crippen molar-refractivity contribution in [3.8, 4) is 6.07 Å². The maximum Gasteiger partial charge on any atom is 0.160 e. The predicted octanol–water partition coefficient (Wildman–Crippen LogP) is 4.22. The lowest BCUT2D eigenvalue weighted by Crippen LogP contribution is -2.48. The van der Waals surface area contributed by atoms with E-state index in [0.717, 1.165) is 43.5 Å². The molecule has 0 atom stereocenters. The summed E-state index contributed by atoms with van der Waals surface area (Å²) in [4.78, 5) is 2.12. The molecule has 1 fully saturated rings. The van der Waals surface area contributed by atoms with Crippen LogP contribution in [0.5, 0.6) is 0 Å². The summed E-state index contributed by atoms with van der Waals surface area (Å²) in [6, 6.07) is 14.5. The predicted molar refractivity (Wildman–Crippen MR) is 84.6 cm³/mol. The van der Waals surface area contributed by atoms with Crippen molar-refractivity contribution in [1.29, 1.82) is 5.26 Å². The van der Waals surface area contributed by atoms with Gasteiger partial charge in [-0.1, -0.05) is 30.7 Å². The molecular weight excluding hydrogens is 294 g/mol. The zero-order chi connectivity index (χ0) is 16.3. The number of hydrogen-bond acceptors (Lipinski definition) is 2. The Morgan fingerprint density at radius 1 is 0.783 bits per heavy atom. The van der Waals surface area contributed by atoms with Crippen LogP contribution in [0, 0.1) is 23.0 Å². The van der Waals surface area contributed by atoms with Gasteiger partial charge in [0, 0.05) is 13.1 Å². The summed E-state index contributed by atoms with van der Waals surface area (Å²) in [7, 11) is 0. The standard InChI is InChI=1S/C19H18F2N2/c20-17-8-4-15(5-9-17)19(14-22,23-12-2-1-3-13-23)16-6-10-18(21)11-7-16/h4-11H,1-3,12-13H2. The number of hydrogen-bond donors (Lipinski definition) is 0. The molecule has 0 aliphatic carbocycles. The third-order valence-corrected chi connectivity index (χ3v) is 4.52. The van der Waals surface area contributed by atoms with Gasteiger partial charge in [-0.25, -0.2) is 8.78 Å². The molecule has 0 radical (unpaired) electrons. The minimum absolute atomic E-state index is 0.335. The fraction of sp³-hybridized carbons (Fsp3) is 0.316. The molecule has 4 heteroatoms. The molecule has 0 spiro atoms. The Morgan fingerprint density at radius 2 is 1.22 bits per heavy atom. The van der Waals surface area contributed by atoms with Crippen molar-refractivity contribution in [2.24, 2.45) is 0 Å². The molecule has 23 heavy (non-hydrogen) atoms. The van der Waals surface area contributed by atoms with Gasteiger partial charge in [-0.3, -0.25) is 4.90 Å². The van der Waals surface area contributed by atoms with Crippen LogP contribution in [0.2, 0.25) is 0 Å². The number of likely N-dealkylation sites (tertiary alicyclic amines) is 1. The van der Waals surface area contributed by atoms with Gasteiger partial charge in [-0.15, -0.1) is 0 Å². The highest BCUT2D eigenvalue weighted by Gasteiger charge is 2.41. The number of nitriles is 1. The molecule has 2 aromatic rings. The highest BCUT2D eigenvalue weighted by Crippen LogP contribution is 2.37. The zero-order valence-corrected chi connectivity index (χ0v) is 12.8. The average molecular weight is 312 g/mol. The average Bonchev–Trinajstić information content (AvgIpc) is 2.60. The molecule has 0 N–H and O–H groups in total. The topological polar surface area (TPSA) is 27.0 Å². The molecule has 1 heterocycles. The van der Waals surface area contributed by atoms with Gasteiger partial charge in [0.05, 0.1) is 6.07 Å². The summed E-state index contributed by atoms with van der Waals surface area (Å²) < 4.78 is 26.7. The van der Waals surface area contributed by atoms with Crippen molar-refractivity contribution in [2.45, 2.75) is 24.8 Å². The van der Waals surface area contributed by atoms with Gasteiger partial charge in [-0.2, -0.15) is 5.26 Å². The Kier molecular flexibility index (Phi) is 4.40. The van der Waals surface area contributed by atoms with Crippen molar-refractivity contribution in [3.63, 3.8) is 0 Å². The Hall–Kier alpha value is -2.25. The molecule has 1 aliphatic heterocycles. The van der Waals surface area contributed by atoms with Crippen LogP contribution >= 0.6 is 0 Å². The second kappa shape index (κ2) is 6.47. The molecule has 0 bridgehead atoms. The molecule has 0 saturated carbocycles. The fourth-order valence-electron chi connectivity index (χ4n) is 3.34. The van der Waals surface area contributed by atoms with E-state index in [0.29, 0.717) is 0 Å². The van der Waals surface area contributed by atoms with Crippen LogP contribution < -0.4 is 0 Å². The molecule has 0 aromatic heterocycles. The van der Waals surface area contributed by atoms with E-state index in [1.807, 2.05) is 0 Å². The Balaban J connectivity index is 2.16. The van der Waals surface area contributed by atoms with Gasteiger partial charge in [0.1, 0.15) is 11.6 Å². The van der Waals surface area contributed by atoms with Crippen molar-refractivity contribution in [2.75, 3.05) is 13.1 Å². The molecule has 0 unspecified atom stereocenters. The van der Waals surface area contributed by atoms with E-state index >= 15 is 0 Å². The quantitative estimate of drug-likeness (QED) is 0.848. The van der Waals surface area contributed by atoms with Gasteiger partial charge in [0.25, 0.3) is 0 Å². The maximum atomic E-state index is 13.3. The van der Waals surface area contributed by atoms with E-state index in [4.69, 9.17) is 0 Å². The first-order chi connectivity index (χ1) is 11.2. The Labute approximate surface area is 135 Å². The Bertz CT molecular complexity index is 650. The van der Waals surface area contributed by atoms with Gasteiger partial charge in [-0.05, 0) is 48.2 Å². The van der Waals surface area contributed by atoms with Gasteiger partial charge >= 0.3 is 0 Å². The number of benzene rings is 2. The van der Waals surface area contributed by atoms with Crippen LogP contribution in [-0.4, -0.2) is 18.0 Å². The largest absolute Gasteiger partial charge is 0.278 e. The third kappa shape index (κ3) is 2.85. The normalized spacial score (nSPS) is 16.0. The summed E-state index contributed by atoms with van der Waals surface area (Å²) >= 11 is 0. The van der Waals surface area contributed by atoms with E-state index in [1.54, 1.807) is 24.3 Å². The summed E-state index contributed by atoms with van der Waals surface area (Å²) in [6.45, 7) is 1.59. The lowest BCUT2D eigenvalue weighted by atomic mass is 9.81. The van der Waals surface area contributed by atoms with Crippen molar-refractivity contribution in [1.82, 2.24) is 4.90 Å². The summed E-state index contributed by atoms with van der Waals surface area (Å²) in [5.74, 6) is -0.670. The highest BCUT2D eigenvalue weighted by molar-refractivity contribution is 5.45. The van der Waals surface area contributed by atoms with Crippen molar-refractivity contribution >= 4 is 0 Å². The van der Waals surface area contributed by atoms with Crippen LogP contribution in [0.25, 0.3) is 0 Å². The molecule has 3 rings (SSSR count). The zero-order valence-electron chi connectivity index (χ0n) is 12.8. The van der Waals surface area contributed by atoms with Gasteiger partial charge in [0.15, 0.2) is 5.54 Å². The van der Waals surface area contributed by atoms with Crippen LogP contribution in [0.15, 0.2) is 48.5 Å². The molecule has 118 valence electrons. The lowest BCUT2D eigenvalue weighted by molar-refractivity contribution is 0.139. The highest BCUT2D eigenvalue weighted by atomic mass is 19.1. The van der Waals surface area contributed by atoms with Crippen LogP contribution in [0.1, 0.15) is 30.4 Å². The van der Waals surface area contributed by atoms with Crippen molar-refractivity contribution < 1.29 is 8.78 Å². The van der Waals surface area contributed by atoms with Crippen LogP contribution in [-0.2, 0) is 5.54 Å². The lowest BCUT2D eigenvalue weighted by Gasteiger charge is -2.41. The first-order valence-corrected chi connectivity index (χ1v) is 7.85.